The molecule has 0 aliphatic carbocycles. The van der Waals surface area contributed by atoms with Crippen LogP contribution in [-0.4, -0.2) is 28.3 Å². The highest BCUT2D eigenvalue weighted by molar-refractivity contribution is 6.29. The van der Waals surface area contributed by atoms with E-state index in [1.807, 2.05) is 0 Å². The van der Waals surface area contributed by atoms with Crippen LogP contribution in [0.1, 0.15) is 12.1 Å². The molecule has 0 spiro atoms. The SMILES string of the molecule is NC(=O)C1CC(=O)N(c2nc(Cl)cc(C(F)(F)F)n2)C1. The van der Waals surface area contributed by atoms with Gasteiger partial charge in [0.05, 0.1) is 5.92 Å². The third-order valence-electron chi connectivity index (χ3n) is 2.74. The predicted octanol–water partition coefficient (Wildman–Crippen LogP) is 0.987. The lowest BCUT2D eigenvalue weighted by Gasteiger charge is -2.15. The van der Waals surface area contributed by atoms with E-state index in [1.165, 1.54) is 0 Å². The maximum atomic E-state index is 12.6. The molecule has 1 atom stereocenters. The van der Waals surface area contributed by atoms with Crippen LogP contribution in [0, 0.1) is 5.92 Å². The number of alkyl halides is 3. The second kappa shape index (κ2) is 4.89. The molecule has 0 aromatic carbocycles. The van der Waals surface area contributed by atoms with Gasteiger partial charge in [0, 0.05) is 19.0 Å². The number of hydrogen-bond acceptors (Lipinski definition) is 4. The van der Waals surface area contributed by atoms with Crippen molar-refractivity contribution in [1.29, 1.82) is 0 Å². The first kappa shape index (κ1) is 14.5. The molecule has 2 heterocycles. The van der Waals surface area contributed by atoms with Crippen LogP contribution in [0.2, 0.25) is 5.15 Å². The second-order valence-electron chi connectivity index (χ2n) is 4.18. The van der Waals surface area contributed by atoms with Crippen molar-refractivity contribution in [2.75, 3.05) is 11.4 Å². The number of halogens is 4. The Kier molecular flexibility index (Phi) is 3.55. The van der Waals surface area contributed by atoms with Crippen LogP contribution < -0.4 is 10.6 Å². The Morgan fingerprint density at radius 1 is 1.45 bits per heavy atom. The van der Waals surface area contributed by atoms with Crippen LogP contribution in [0.25, 0.3) is 0 Å². The minimum Gasteiger partial charge on any atom is -0.369 e. The summed E-state index contributed by atoms with van der Waals surface area (Å²) in [4.78, 5) is 30.4. The topological polar surface area (TPSA) is 89.2 Å². The van der Waals surface area contributed by atoms with Gasteiger partial charge >= 0.3 is 6.18 Å². The summed E-state index contributed by atoms with van der Waals surface area (Å²) in [5, 5.41) is -0.447. The Balaban J connectivity index is 2.36. The fourth-order valence-electron chi connectivity index (χ4n) is 1.76. The molecule has 1 unspecified atom stereocenters. The average Bonchev–Trinajstić information content (AvgIpc) is 2.69. The molecular formula is C10H8ClF3N4O2. The maximum Gasteiger partial charge on any atom is 0.433 e. The Labute approximate surface area is 115 Å². The van der Waals surface area contributed by atoms with Crippen LogP contribution in [-0.2, 0) is 15.8 Å². The van der Waals surface area contributed by atoms with Gasteiger partial charge in [-0.05, 0) is 0 Å². The van der Waals surface area contributed by atoms with Crippen molar-refractivity contribution in [3.8, 4) is 0 Å². The first-order chi connectivity index (χ1) is 9.18. The van der Waals surface area contributed by atoms with Crippen molar-refractivity contribution in [2.45, 2.75) is 12.6 Å². The van der Waals surface area contributed by atoms with Crippen LogP contribution in [0.4, 0.5) is 19.1 Å². The zero-order valence-corrected chi connectivity index (χ0v) is 10.6. The molecule has 2 amide bonds. The van der Waals surface area contributed by atoms with Gasteiger partial charge < -0.3 is 5.73 Å². The van der Waals surface area contributed by atoms with E-state index in [1.54, 1.807) is 0 Å². The molecular weight excluding hydrogens is 301 g/mol. The number of hydrogen-bond donors (Lipinski definition) is 1. The van der Waals surface area contributed by atoms with Gasteiger partial charge in [-0.25, -0.2) is 9.97 Å². The highest BCUT2D eigenvalue weighted by Gasteiger charge is 2.38. The summed E-state index contributed by atoms with van der Waals surface area (Å²) in [6.07, 6.45) is -4.90. The van der Waals surface area contributed by atoms with E-state index in [-0.39, 0.29) is 13.0 Å². The molecule has 0 bridgehead atoms. The van der Waals surface area contributed by atoms with Gasteiger partial charge in [-0.2, -0.15) is 13.2 Å². The maximum absolute atomic E-state index is 12.6. The molecule has 20 heavy (non-hydrogen) atoms. The first-order valence-electron chi connectivity index (χ1n) is 5.40. The molecule has 2 N–H and O–H groups in total. The highest BCUT2D eigenvalue weighted by Crippen LogP contribution is 2.31. The van der Waals surface area contributed by atoms with E-state index in [0.29, 0.717) is 6.07 Å². The van der Waals surface area contributed by atoms with Crippen LogP contribution >= 0.6 is 11.6 Å². The average molecular weight is 309 g/mol. The first-order valence-corrected chi connectivity index (χ1v) is 5.77. The van der Waals surface area contributed by atoms with Gasteiger partial charge in [0.2, 0.25) is 17.8 Å². The summed E-state index contributed by atoms with van der Waals surface area (Å²) in [7, 11) is 0. The zero-order chi connectivity index (χ0) is 15.1. The molecule has 1 aromatic rings. The quantitative estimate of drug-likeness (QED) is 0.825. The zero-order valence-electron chi connectivity index (χ0n) is 9.82. The Morgan fingerprint density at radius 2 is 2.10 bits per heavy atom. The molecule has 0 radical (unpaired) electrons. The van der Waals surface area contributed by atoms with Crippen molar-refractivity contribution in [3.05, 3.63) is 16.9 Å². The minimum absolute atomic E-state index is 0.161. The number of nitrogens with zero attached hydrogens (tertiary/aromatic N) is 3. The number of nitrogens with two attached hydrogens (primary N) is 1. The Bertz CT molecular complexity index is 578. The molecule has 1 aromatic heterocycles. The summed E-state index contributed by atoms with van der Waals surface area (Å²) in [6.45, 7) is -0.161. The normalized spacial score (nSPS) is 19.5. The van der Waals surface area contributed by atoms with E-state index in [0.717, 1.165) is 4.90 Å². The molecule has 0 saturated carbocycles. The van der Waals surface area contributed by atoms with E-state index < -0.39 is 40.7 Å². The molecule has 2 rings (SSSR count). The van der Waals surface area contributed by atoms with Gasteiger partial charge in [0.1, 0.15) is 5.15 Å². The number of amides is 2. The van der Waals surface area contributed by atoms with Crippen molar-refractivity contribution in [2.24, 2.45) is 11.7 Å². The molecule has 1 saturated heterocycles. The summed E-state index contributed by atoms with van der Waals surface area (Å²) in [5.74, 6) is -2.55. The van der Waals surface area contributed by atoms with Crippen LogP contribution in [0.3, 0.4) is 0 Å². The lowest BCUT2D eigenvalue weighted by molar-refractivity contribution is -0.141. The number of aromatic nitrogens is 2. The van der Waals surface area contributed by atoms with Crippen LogP contribution in [0.5, 0.6) is 0 Å². The largest absolute Gasteiger partial charge is 0.433 e. The molecule has 108 valence electrons. The summed E-state index contributed by atoms with van der Waals surface area (Å²) in [5.41, 5.74) is 3.80. The van der Waals surface area contributed by atoms with Gasteiger partial charge in [-0.15, -0.1) is 0 Å². The van der Waals surface area contributed by atoms with Crippen LogP contribution in [0.15, 0.2) is 6.07 Å². The smallest absolute Gasteiger partial charge is 0.369 e. The van der Waals surface area contributed by atoms with Gasteiger partial charge in [-0.1, -0.05) is 11.6 Å². The standard InChI is InChI=1S/C10H8ClF3N4O2/c11-6-2-5(10(12,13)14)16-9(17-6)18-3-4(8(15)20)1-7(18)19/h2,4H,1,3H2,(H2,15,20). The molecule has 1 fully saturated rings. The molecule has 10 heteroatoms. The lowest BCUT2D eigenvalue weighted by atomic mass is 10.1. The lowest BCUT2D eigenvalue weighted by Crippen LogP contribution is -2.30. The Morgan fingerprint density at radius 3 is 2.60 bits per heavy atom. The summed E-state index contributed by atoms with van der Waals surface area (Å²) < 4.78 is 37.8. The van der Waals surface area contributed by atoms with Gasteiger partial charge in [-0.3, -0.25) is 14.5 Å². The van der Waals surface area contributed by atoms with E-state index in [2.05, 4.69) is 9.97 Å². The molecule has 1 aliphatic heterocycles. The fourth-order valence-corrected chi connectivity index (χ4v) is 1.94. The van der Waals surface area contributed by atoms with E-state index >= 15 is 0 Å². The van der Waals surface area contributed by atoms with Crippen molar-refractivity contribution >= 4 is 29.4 Å². The van der Waals surface area contributed by atoms with Gasteiger partial charge in [0.15, 0.2) is 5.69 Å². The monoisotopic (exact) mass is 308 g/mol. The number of rotatable bonds is 2. The van der Waals surface area contributed by atoms with Crippen molar-refractivity contribution in [3.63, 3.8) is 0 Å². The highest BCUT2D eigenvalue weighted by atomic mass is 35.5. The van der Waals surface area contributed by atoms with E-state index in [4.69, 9.17) is 17.3 Å². The number of anilines is 1. The summed E-state index contributed by atoms with van der Waals surface area (Å²) in [6, 6.07) is 0.553. The molecule has 1 aliphatic rings. The predicted molar refractivity (Wildman–Crippen MR) is 61.7 cm³/mol. The summed E-state index contributed by atoms with van der Waals surface area (Å²) >= 11 is 5.50. The molecule has 6 nitrogen and oxygen atoms in total. The Hall–Kier alpha value is -1.90. The van der Waals surface area contributed by atoms with Crippen molar-refractivity contribution < 1.29 is 22.8 Å². The van der Waals surface area contributed by atoms with E-state index in [9.17, 15) is 22.8 Å². The van der Waals surface area contributed by atoms with Crippen molar-refractivity contribution in [1.82, 2.24) is 9.97 Å². The van der Waals surface area contributed by atoms with Gasteiger partial charge in [0.25, 0.3) is 0 Å². The number of carbonyl (C=O) groups is 2. The fraction of sp³-hybridized carbons (Fsp3) is 0.400. The number of primary amides is 1. The second-order valence-corrected chi connectivity index (χ2v) is 4.57. The number of carbonyl (C=O) groups excluding carboxylic acids is 2. The minimum atomic E-state index is -4.72. The third kappa shape index (κ3) is 2.82. The third-order valence-corrected chi connectivity index (χ3v) is 2.94.